The average Bonchev–Trinajstić information content (AvgIpc) is 3.20. The Kier molecular flexibility index (Phi) is 8.46. The van der Waals surface area contributed by atoms with E-state index in [0.29, 0.717) is 0 Å². The van der Waals surface area contributed by atoms with Crippen molar-refractivity contribution < 1.29 is 18.8 Å². The zero-order chi connectivity index (χ0) is 34.1. The van der Waals surface area contributed by atoms with Crippen LogP contribution in [0.5, 0.6) is 0 Å². The third kappa shape index (κ3) is 5.93. The van der Waals surface area contributed by atoms with Crippen molar-refractivity contribution in [3.8, 4) is 0 Å². The van der Waals surface area contributed by atoms with Gasteiger partial charge in [-0.25, -0.2) is 0 Å². The van der Waals surface area contributed by atoms with Crippen molar-refractivity contribution >= 4 is 7.12 Å². The second-order valence-corrected chi connectivity index (χ2v) is 14.9. The van der Waals surface area contributed by atoms with Gasteiger partial charge in [0.25, 0.3) is 0 Å². The summed E-state index contributed by atoms with van der Waals surface area (Å²) in [7, 11) is -0.806. The molecule has 0 aromatic heterocycles. The van der Waals surface area contributed by atoms with Gasteiger partial charge in [0.2, 0.25) is 0 Å². The number of benzene rings is 4. The van der Waals surface area contributed by atoms with Gasteiger partial charge in [0, 0.05) is 0 Å². The first-order chi connectivity index (χ1) is 22.0. The van der Waals surface area contributed by atoms with E-state index < -0.39 is 36.3 Å². The number of aryl methyl sites for hydroxylation is 8. The van der Waals surface area contributed by atoms with Crippen LogP contribution in [0.3, 0.4) is 0 Å². The molecule has 0 radical (unpaired) electrons. The number of allylic oxidation sites excluding steroid dienone is 1. The molecule has 4 aromatic carbocycles. The van der Waals surface area contributed by atoms with Crippen molar-refractivity contribution in [1.82, 2.24) is 0 Å². The topological polar surface area (TPSA) is 36.9 Å². The normalized spacial score (nSPS) is 21.3. The van der Waals surface area contributed by atoms with E-state index in [0.717, 1.165) is 72.2 Å². The Morgan fingerprint density at radius 2 is 0.723 bits per heavy atom. The highest BCUT2D eigenvalue weighted by molar-refractivity contribution is 6.53. The Balaban J connectivity index is 1.80. The van der Waals surface area contributed by atoms with E-state index in [1.165, 1.54) is 0 Å². The predicted molar refractivity (Wildman–Crippen MR) is 192 cm³/mol. The van der Waals surface area contributed by atoms with Crippen LogP contribution in [0.25, 0.3) is 0 Å². The second kappa shape index (κ2) is 11.9. The molecule has 4 aromatic rings. The van der Waals surface area contributed by atoms with E-state index in [4.69, 9.17) is 18.8 Å². The van der Waals surface area contributed by atoms with Crippen molar-refractivity contribution in [2.24, 2.45) is 0 Å². The molecule has 0 unspecified atom stereocenters. The zero-order valence-electron chi connectivity index (χ0n) is 30.0. The number of hydrogen-bond donors (Lipinski definition) is 0. The van der Waals surface area contributed by atoms with Gasteiger partial charge in [0.15, 0.2) is 5.79 Å². The van der Waals surface area contributed by atoms with Crippen molar-refractivity contribution in [2.75, 3.05) is 0 Å². The summed E-state index contributed by atoms with van der Waals surface area (Å²) in [5, 5.41) is 0. The van der Waals surface area contributed by atoms with Crippen molar-refractivity contribution in [1.29, 1.82) is 0 Å². The molecule has 0 bridgehead atoms. The molecule has 4 nitrogen and oxygen atoms in total. The van der Waals surface area contributed by atoms with Crippen molar-refractivity contribution in [3.63, 3.8) is 0 Å². The molecule has 2 fully saturated rings. The number of fused-ring (bicyclic) bond motifs is 1. The quantitative estimate of drug-likeness (QED) is 0.206. The fourth-order valence-electron chi connectivity index (χ4n) is 8.07. The van der Waals surface area contributed by atoms with Gasteiger partial charge in [0.05, 0.1) is 0 Å². The Morgan fingerprint density at radius 3 is 0.936 bits per heavy atom. The Labute approximate surface area is 282 Å². The predicted octanol–water partition coefficient (Wildman–Crippen LogP) is 9.51. The average molecular weight is 629 g/mol. The maximum absolute atomic E-state index is 7.55. The van der Waals surface area contributed by atoms with Crippen LogP contribution in [0, 0.1) is 55.4 Å². The first kappa shape index (κ1) is 33.4. The largest absolute Gasteiger partial charge is 0.490 e. The van der Waals surface area contributed by atoms with Crippen LogP contribution in [-0.2, 0) is 30.0 Å². The summed E-state index contributed by atoms with van der Waals surface area (Å²) in [5.74, 6) is -0.940. The van der Waals surface area contributed by atoms with Crippen LogP contribution in [-0.4, -0.2) is 25.1 Å². The number of ether oxygens (including phenoxy) is 2. The molecule has 6 rings (SSSR count). The lowest BCUT2D eigenvalue weighted by Gasteiger charge is -2.43. The fourth-order valence-corrected chi connectivity index (χ4v) is 8.07. The summed E-state index contributed by atoms with van der Waals surface area (Å²) in [6, 6.07) is 26.6. The maximum atomic E-state index is 7.55. The smallest absolute Gasteiger partial charge is 0.391 e. The van der Waals surface area contributed by atoms with E-state index in [1.807, 2.05) is 20.8 Å². The lowest BCUT2D eigenvalue weighted by molar-refractivity contribution is -0.177. The molecule has 0 N–H and O–H groups in total. The van der Waals surface area contributed by atoms with Gasteiger partial charge in [-0.1, -0.05) is 123 Å². The van der Waals surface area contributed by atoms with Gasteiger partial charge in [-0.3, -0.25) is 0 Å². The van der Waals surface area contributed by atoms with E-state index in [2.05, 4.69) is 135 Å². The minimum atomic E-state index is -1.12. The minimum absolute atomic E-state index is 0.620. The van der Waals surface area contributed by atoms with Crippen molar-refractivity contribution in [3.05, 3.63) is 152 Å². The van der Waals surface area contributed by atoms with Crippen molar-refractivity contribution in [2.45, 2.75) is 105 Å². The van der Waals surface area contributed by atoms with E-state index in [9.17, 15) is 0 Å². The molecule has 2 saturated heterocycles. The minimum Gasteiger partial charge on any atom is -0.391 e. The number of hydrogen-bond acceptors (Lipinski definition) is 4. The highest BCUT2D eigenvalue weighted by atomic mass is 16.8. The molecule has 2 heterocycles. The van der Waals surface area contributed by atoms with Crippen LogP contribution in [0.4, 0.5) is 0 Å². The van der Waals surface area contributed by atoms with Crippen LogP contribution >= 0.6 is 0 Å². The molecule has 244 valence electrons. The summed E-state index contributed by atoms with van der Waals surface area (Å²) in [5.41, 5.74) is 11.7. The summed E-state index contributed by atoms with van der Waals surface area (Å²) >= 11 is 0. The third-order valence-electron chi connectivity index (χ3n) is 9.49. The summed E-state index contributed by atoms with van der Waals surface area (Å²) in [6.45, 7) is 27.5. The molecule has 0 amide bonds. The first-order valence-corrected chi connectivity index (χ1v) is 16.7. The first-order valence-electron chi connectivity index (χ1n) is 16.7. The monoisotopic (exact) mass is 628 g/mol. The van der Waals surface area contributed by atoms with E-state index in [-0.39, 0.29) is 0 Å². The van der Waals surface area contributed by atoms with Gasteiger partial charge in [-0.05, 0) is 98.4 Å². The van der Waals surface area contributed by atoms with Crippen LogP contribution in [0.1, 0.15) is 87.5 Å². The lowest BCUT2D eigenvalue weighted by atomic mass is 9.70. The highest BCUT2D eigenvalue weighted by Gasteiger charge is 2.67. The second-order valence-electron chi connectivity index (χ2n) is 14.9. The molecule has 0 spiro atoms. The van der Waals surface area contributed by atoms with Crippen LogP contribution in [0.2, 0.25) is 0 Å². The Hall–Kier alpha value is -3.48. The third-order valence-corrected chi connectivity index (χ3v) is 9.49. The molecule has 5 heteroatoms. The highest BCUT2D eigenvalue weighted by Crippen LogP contribution is 2.57. The van der Waals surface area contributed by atoms with E-state index in [1.54, 1.807) is 0 Å². The summed E-state index contributed by atoms with van der Waals surface area (Å²) in [4.78, 5) is 0. The SMILES string of the molecule is C=C(C)B1OC(c2cc(C)cc(C)c2)(c2cc(C)cc(C)c2)[C@@H]2OC(C)(C)O[C@H]2C(c2cc(C)cc(C)c2)(c2cc(C)cc(C)c2)O1. The van der Waals surface area contributed by atoms with Gasteiger partial charge in [0.1, 0.15) is 23.4 Å². The standard InChI is InChI=1S/C42H49BO4/c1-25(2)43-46-41(34-17-26(3)13-27(4)18-34,35-19-28(5)14-29(6)20-35)38-39(45-40(11,12)44-38)42(47-43,36-21-30(7)15-31(8)22-36)37-23-32(9)16-33(10)24-37/h13-24,38-39H,1H2,2-12H3/t38-,39-/m1/s1. The molecule has 2 aliphatic rings. The van der Waals surface area contributed by atoms with E-state index >= 15 is 0 Å². The molecule has 0 aliphatic carbocycles. The molecule has 2 atom stereocenters. The maximum Gasteiger partial charge on any atom is 0.490 e. The number of rotatable bonds is 5. The van der Waals surface area contributed by atoms with Gasteiger partial charge in [-0.15, -0.1) is 6.58 Å². The van der Waals surface area contributed by atoms with Gasteiger partial charge >= 0.3 is 7.12 Å². The summed E-state index contributed by atoms with van der Waals surface area (Å²) in [6.07, 6.45) is -1.24. The Bertz CT molecular complexity index is 1560. The van der Waals surface area contributed by atoms with Gasteiger partial charge in [-0.2, -0.15) is 0 Å². The molecule has 2 aliphatic heterocycles. The Morgan fingerprint density at radius 1 is 0.489 bits per heavy atom. The molecular formula is C42H49BO4. The van der Waals surface area contributed by atoms with Crippen LogP contribution in [0.15, 0.2) is 84.8 Å². The fraction of sp³-hybridized carbons (Fsp3) is 0.381. The lowest BCUT2D eigenvalue weighted by Crippen LogP contribution is -2.53. The molecule has 0 saturated carbocycles. The van der Waals surface area contributed by atoms with Crippen LogP contribution < -0.4 is 0 Å². The molecular weight excluding hydrogens is 579 g/mol. The van der Waals surface area contributed by atoms with Gasteiger partial charge < -0.3 is 18.8 Å². The molecule has 47 heavy (non-hydrogen) atoms. The zero-order valence-corrected chi connectivity index (χ0v) is 30.0. The summed E-state index contributed by atoms with van der Waals surface area (Å²) < 4.78 is 29.5.